The minimum Gasteiger partial charge on any atom is -0.387 e. The average Bonchev–Trinajstić information content (AvgIpc) is 3.59. The quantitative estimate of drug-likeness (QED) is 0.419. The first-order valence-corrected chi connectivity index (χ1v) is 11.9. The van der Waals surface area contributed by atoms with Crippen LogP contribution in [0.5, 0.6) is 0 Å². The van der Waals surface area contributed by atoms with Gasteiger partial charge in [-0.2, -0.15) is 18.3 Å². The number of thiazole rings is 1. The molecule has 0 N–H and O–H groups in total. The second-order valence-electron chi connectivity index (χ2n) is 8.36. The number of halogens is 5. The van der Waals surface area contributed by atoms with E-state index in [1.54, 1.807) is 17.5 Å². The van der Waals surface area contributed by atoms with Crippen molar-refractivity contribution in [3.63, 3.8) is 0 Å². The summed E-state index contributed by atoms with van der Waals surface area (Å²) in [7, 11) is 0. The maximum atomic E-state index is 14.1. The number of hydrogen-bond donors (Lipinski definition) is 0. The number of benzene rings is 1. The molecule has 0 fully saturated rings. The summed E-state index contributed by atoms with van der Waals surface area (Å²) >= 11 is 1.33. The Morgan fingerprint density at radius 1 is 1.24 bits per heavy atom. The summed E-state index contributed by atoms with van der Waals surface area (Å²) in [5.74, 6) is -1.84. The van der Waals surface area contributed by atoms with Gasteiger partial charge < -0.3 is 9.74 Å². The molecule has 1 atom stereocenters. The third kappa shape index (κ3) is 5.03. The average molecular weight is 535 g/mol. The Balaban J connectivity index is 1.21. The number of aromatic nitrogens is 3. The molecule has 0 saturated carbocycles. The third-order valence-corrected chi connectivity index (χ3v) is 6.75. The molecule has 0 saturated heterocycles. The van der Waals surface area contributed by atoms with Crippen LogP contribution in [0.1, 0.15) is 40.2 Å². The molecule has 37 heavy (non-hydrogen) atoms. The first-order valence-electron chi connectivity index (χ1n) is 11.0. The summed E-state index contributed by atoms with van der Waals surface area (Å²) in [6.07, 6.45) is -0.343. The van der Waals surface area contributed by atoms with Gasteiger partial charge in [-0.05, 0) is 31.2 Å². The minimum atomic E-state index is -4.58. The van der Waals surface area contributed by atoms with Crippen molar-refractivity contribution in [1.29, 1.82) is 0 Å². The van der Waals surface area contributed by atoms with Gasteiger partial charge in [0.05, 0.1) is 11.3 Å². The van der Waals surface area contributed by atoms with E-state index in [0.717, 1.165) is 28.5 Å². The Morgan fingerprint density at radius 3 is 2.65 bits per heavy atom. The molecular formula is C24H18F5N5O2S. The zero-order valence-corrected chi connectivity index (χ0v) is 20.0. The molecule has 2 aromatic heterocycles. The molecule has 192 valence electrons. The lowest BCUT2D eigenvalue weighted by atomic mass is 10.0. The number of rotatable bonds is 5. The van der Waals surface area contributed by atoms with Crippen LogP contribution >= 0.6 is 11.3 Å². The number of oxime groups is 1. The summed E-state index contributed by atoms with van der Waals surface area (Å²) in [5, 5.41) is 9.84. The lowest BCUT2D eigenvalue weighted by Crippen LogP contribution is -2.31. The van der Waals surface area contributed by atoms with Crippen LogP contribution in [0.4, 0.5) is 22.0 Å². The normalized spacial score (nSPS) is 17.6. The lowest BCUT2D eigenvalue weighted by molar-refractivity contribution is -0.142. The van der Waals surface area contributed by atoms with E-state index in [2.05, 4.69) is 15.2 Å². The van der Waals surface area contributed by atoms with Crippen molar-refractivity contribution >= 4 is 28.5 Å². The Morgan fingerprint density at radius 2 is 2.00 bits per heavy atom. The van der Waals surface area contributed by atoms with Crippen LogP contribution in [-0.2, 0) is 22.4 Å². The summed E-state index contributed by atoms with van der Waals surface area (Å²) in [6.45, 7) is 1.32. The molecule has 2 aliphatic heterocycles. The van der Waals surface area contributed by atoms with E-state index >= 15 is 0 Å². The molecule has 0 bridgehead atoms. The van der Waals surface area contributed by atoms with Gasteiger partial charge in [0.15, 0.2) is 11.8 Å². The van der Waals surface area contributed by atoms with Crippen molar-refractivity contribution in [2.24, 2.45) is 5.16 Å². The first-order chi connectivity index (χ1) is 17.6. The van der Waals surface area contributed by atoms with E-state index in [1.807, 2.05) is 0 Å². The van der Waals surface area contributed by atoms with Crippen LogP contribution in [0, 0.1) is 18.6 Å². The summed E-state index contributed by atoms with van der Waals surface area (Å²) < 4.78 is 67.8. The third-order valence-electron chi connectivity index (χ3n) is 5.86. The molecule has 5 rings (SSSR count). The SMILES string of the molecule is Cc1cc(C(F)(F)F)nn1CC(=O)N1C=CC(c2nc(C3=NO[C@@H](c4c(F)cccc4F)C3)cs2)=CC1. The van der Waals surface area contributed by atoms with Gasteiger partial charge in [-0.1, -0.05) is 17.3 Å². The van der Waals surface area contributed by atoms with E-state index < -0.39 is 35.5 Å². The van der Waals surface area contributed by atoms with E-state index in [-0.39, 0.29) is 30.8 Å². The molecule has 7 nitrogen and oxygen atoms in total. The van der Waals surface area contributed by atoms with Crippen LogP contribution in [0.2, 0.25) is 0 Å². The van der Waals surface area contributed by atoms with Gasteiger partial charge in [-0.25, -0.2) is 13.8 Å². The highest BCUT2D eigenvalue weighted by Gasteiger charge is 2.35. The highest BCUT2D eigenvalue weighted by atomic mass is 32.1. The first kappa shape index (κ1) is 24.8. The fourth-order valence-electron chi connectivity index (χ4n) is 3.91. The molecule has 13 heteroatoms. The fraction of sp³-hybridized carbons (Fsp3) is 0.250. The number of aryl methyl sites for hydroxylation is 1. The van der Waals surface area contributed by atoms with Gasteiger partial charge in [0, 0.05) is 35.8 Å². The van der Waals surface area contributed by atoms with Gasteiger partial charge >= 0.3 is 6.18 Å². The molecule has 1 amide bonds. The summed E-state index contributed by atoms with van der Waals surface area (Å²) in [5.41, 5.74) is 0.718. The van der Waals surface area contributed by atoms with E-state index in [9.17, 15) is 26.7 Å². The molecular weight excluding hydrogens is 517 g/mol. The number of allylic oxidation sites excluding steroid dienone is 2. The van der Waals surface area contributed by atoms with Gasteiger partial charge in [0.25, 0.3) is 0 Å². The van der Waals surface area contributed by atoms with Crippen molar-refractivity contribution in [3.05, 3.63) is 87.3 Å². The number of hydrogen-bond acceptors (Lipinski definition) is 6. The predicted molar refractivity (Wildman–Crippen MR) is 124 cm³/mol. The zero-order chi connectivity index (χ0) is 26.3. The van der Waals surface area contributed by atoms with Crippen LogP contribution in [0.25, 0.3) is 5.57 Å². The van der Waals surface area contributed by atoms with E-state index in [4.69, 9.17) is 4.84 Å². The van der Waals surface area contributed by atoms with E-state index in [1.165, 1.54) is 35.4 Å². The number of carbonyl (C=O) groups is 1. The topological polar surface area (TPSA) is 72.6 Å². The predicted octanol–water partition coefficient (Wildman–Crippen LogP) is 5.25. The fourth-order valence-corrected chi connectivity index (χ4v) is 4.76. The van der Waals surface area contributed by atoms with Gasteiger partial charge in [0.2, 0.25) is 5.91 Å². The number of carbonyl (C=O) groups excluding carboxylic acids is 1. The Labute approximate surface area is 211 Å². The maximum absolute atomic E-state index is 14.1. The number of nitrogens with zero attached hydrogens (tertiary/aromatic N) is 5. The second kappa shape index (κ2) is 9.54. The molecule has 2 aliphatic rings. The number of alkyl halides is 3. The van der Waals surface area contributed by atoms with Crippen LogP contribution in [0.15, 0.2) is 53.2 Å². The molecule has 4 heterocycles. The van der Waals surface area contributed by atoms with Crippen molar-refractivity contribution in [2.75, 3.05) is 6.54 Å². The van der Waals surface area contributed by atoms with Gasteiger partial charge in [0.1, 0.15) is 28.9 Å². The highest BCUT2D eigenvalue weighted by Crippen LogP contribution is 2.34. The van der Waals surface area contributed by atoms with Gasteiger partial charge in [-0.15, -0.1) is 11.3 Å². The number of amides is 1. The zero-order valence-electron chi connectivity index (χ0n) is 19.2. The summed E-state index contributed by atoms with van der Waals surface area (Å²) in [6, 6.07) is 4.49. The van der Waals surface area contributed by atoms with Crippen LogP contribution in [0.3, 0.4) is 0 Å². The standard InChI is InChI=1S/C24H18F5N5O2S/c1-13-9-20(24(27,28)29)31-34(13)11-21(35)33-7-5-14(6-8-33)23-30-18(12-37-23)17-10-19(36-32-17)22-15(25)3-2-4-16(22)26/h2-7,9,12,19H,8,10-11H2,1H3/t19-/m1/s1. The molecule has 0 unspecified atom stereocenters. The Hall–Kier alpha value is -3.87. The molecule has 1 aromatic carbocycles. The molecule has 0 spiro atoms. The van der Waals surface area contributed by atoms with Crippen molar-refractivity contribution in [1.82, 2.24) is 19.7 Å². The summed E-state index contributed by atoms with van der Waals surface area (Å²) in [4.78, 5) is 23.8. The molecule has 0 radical (unpaired) electrons. The molecule has 3 aromatic rings. The lowest BCUT2D eigenvalue weighted by Gasteiger charge is -2.20. The van der Waals surface area contributed by atoms with Crippen LogP contribution < -0.4 is 0 Å². The minimum absolute atomic E-state index is 0.154. The largest absolute Gasteiger partial charge is 0.435 e. The van der Waals surface area contributed by atoms with Crippen LogP contribution in [-0.4, -0.2) is 37.8 Å². The van der Waals surface area contributed by atoms with Crippen molar-refractivity contribution in [2.45, 2.75) is 32.2 Å². The second-order valence-corrected chi connectivity index (χ2v) is 9.22. The van der Waals surface area contributed by atoms with Crippen molar-refractivity contribution < 1.29 is 31.6 Å². The molecule has 0 aliphatic carbocycles. The Kier molecular flexibility index (Phi) is 6.40. The van der Waals surface area contributed by atoms with E-state index in [0.29, 0.717) is 16.4 Å². The smallest absolute Gasteiger partial charge is 0.387 e. The maximum Gasteiger partial charge on any atom is 0.435 e. The van der Waals surface area contributed by atoms with Crippen molar-refractivity contribution in [3.8, 4) is 0 Å². The van der Waals surface area contributed by atoms with Gasteiger partial charge in [-0.3, -0.25) is 9.48 Å². The highest BCUT2D eigenvalue weighted by molar-refractivity contribution is 7.11. The Bertz CT molecular complexity index is 1440. The monoisotopic (exact) mass is 535 g/mol.